The number of rotatable bonds is 6. The summed E-state index contributed by atoms with van der Waals surface area (Å²) in [6.45, 7) is 2.62. The zero-order valence-corrected chi connectivity index (χ0v) is 12.8. The number of hydrogen-bond acceptors (Lipinski definition) is 2. The van der Waals surface area contributed by atoms with Gasteiger partial charge in [-0.3, -0.25) is 4.79 Å². The smallest absolute Gasteiger partial charge is 0.224 e. The Kier molecular flexibility index (Phi) is 5.53. The van der Waals surface area contributed by atoms with Gasteiger partial charge < -0.3 is 10.1 Å². The fourth-order valence-electron chi connectivity index (χ4n) is 2.23. The quantitative estimate of drug-likeness (QED) is 0.889. The molecule has 0 aliphatic heterocycles. The molecule has 2 aromatic carbocycles. The van der Waals surface area contributed by atoms with Gasteiger partial charge in [0, 0.05) is 6.54 Å². The number of halogens is 1. The van der Waals surface area contributed by atoms with E-state index in [4.69, 9.17) is 4.74 Å². The van der Waals surface area contributed by atoms with E-state index in [1.165, 1.54) is 24.8 Å². The highest BCUT2D eigenvalue weighted by atomic mass is 19.1. The van der Waals surface area contributed by atoms with Crippen LogP contribution in [0.15, 0.2) is 48.5 Å². The Balaban J connectivity index is 1.87. The van der Waals surface area contributed by atoms with Crippen molar-refractivity contribution in [2.45, 2.75) is 19.3 Å². The van der Waals surface area contributed by atoms with Crippen LogP contribution in [0, 0.1) is 5.82 Å². The average Bonchev–Trinajstić information content (AvgIpc) is 2.53. The van der Waals surface area contributed by atoms with Gasteiger partial charge in [-0.05, 0) is 29.2 Å². The molecule has 0 aliphatic carbocycles. The topological polar surface area (TPSA) is 38.3 Å². The van der Waals surface area contributed by atoms with Crippen molar-refractivity contribution in [2.75, 3.05) is 13.7 Å². The third-order valence-corrected chi connectivity index (χ3v) is 3.55. The zero-order chi connectivity index (χ0) is 15.9. The fraction of sp³-hybridized carbons (Fsp3) is 0.278. The molecular weight excluding hydrogens is 281 g/mol. The third-order valence-electron chi connectivity index (χ3n) is 3.55. The number of nitrogens with one attached hydrogen (secondary N) is 1. The van der Waals surface area contributed by atoms with E-state index in [2.05, 4.69) is 12.2 Å². The summed E-state index contributed by atoms with van der Waals surface area (Å²) in [5, 5.41) is 2.88. The Morgan fingerprint density at radius 1 is 1.23 bits per heavy atom. The van der Waals surface area contributed by atoms with Crippen LogP contribution in [-0.4, -0.2) is 19.6 Å². The van der Waals surface area contributed by atoms with Crippen molar-refractivity contribution in [3.8, 4) is 5.75 Å². The lowest BCUT2D eigenvalue weighted by Gasteiger charge is -2.13. The maximum Gasteiger partial charge on any atom is 0.224 e. The summed E-state index contributed by atoms with van der Waals surface area (Å²) in [5.41, 5.74) is 1.81. The second-order valence-electron chi connectivity index (χ2n) is 5.26. The monoisotopic (exact) mass is 301 g/mol. The lowest BCUT2D eigenvalue weighted by molar-refractivity contribution is -0.120. The number of amides is 1. The second-order valence-corrected chi connectivity index (χ2v) is 5.26. The maximum atomic E-state index is 13.6. The highest BCUT2D eigenvalue weighted by molar-refractivity contribution is 5.78. The molecule has 0 saturated heterocycles. The van der Waals surface area contributed by atoms with Gasteiger partial charge in [-0.1, -0.05) is 43.3 Å². The minimum atomic E-state index is -0.453. The molecule has 0 unspecified atom stereocenters. The van der Waals surface area contributed by atoms with Gasteiger partial charge in [0.05, 0.1) is 13.5 Å². The van der Waals surface area contributed by atoms with Gasteiger partial charge in [0.1, 0.15) is 0 Å². The molecule has 2 rings (SSSR count). The van der Waals surface area contributed by atoms with Gasteiger partial charge in [0.25, 0.3) is 0 Å². The molecule has 0 aliphatic rings. The minimum absolute atomic E-state index is 0.118. The number of methoxy groups -OCH3 is 1. The highest BCUT2D eigenvalue weighted by Gasteiger charge is 2.10. The molecule has 0 saturated carbocycles. The molecule has 0 radical (unpaired) electrons. The van der Waals surface area contributed by atoms with Crippen molar-refractivity contribution in [1.82, 2.24) is 5.32 Å². The van der Waals surface area contributed by atoms with Crippen molar-refractivity contribution in [1.29, 1.82) is 0 Å². The SMILES string of the molecule is COc1ccc(CC(=O)NC[C@@H](C)c2ccccc2)cc1F. The van der Waals surface area contributed by atoms with E-state index < -0.39 is 5.82 Å². The Morgan fingerprint density at radius 3 is 2.59 bits per heavy atom. The van der Waals surface area contributed by atoms with Crippen LogP contribution in [0.5, 0.6) is 5.75 Å². The summed E-state index contributed by atoms with van der Waals surface area (Å²) in [6, 6.07) is 14.6. The Morgan fingerprint density at radius 2 is 1.95 bits per heavy atom. The fourth-order valence-corrected chi connectivity index (χ4v) is 2.23. The van der Waals surface area contributed by atoms with E-state index in [1.807, 2.05) is 30.3 Å². The number of carbonyl (C=O) groups excluding carboxylic acids is 1. The zero-order valence-electron chi connectivity index (χ0n) is 12.8. The van der Waals surface area contributed by atoms with Crippen molar-refractivity contribution >= 4 is 5.91 Å². The van der Waals surface area contributed by atoms with Crippen LogP contribution in [0.4, 0.5) is 4.39 Å². The first kappa shape index (κ1) is 16.0. The first-order chi connectivity index (χ1) is 10.6. The van der Waals surface area contributed by atoms with Crippen LogP contribution in [0.25, 0.3) is 0 Å². The summed E-state index contributed by atoms with van der Waals surface area (Å²) in [4.78, 5) is 11.9. The molecule has 0 aromatic heterocycles. The lowest BCUT2D eigenvalue weighted by atomic mass is 10.0. The Bertz CT molecular complexity index is 628. The summed E-state index contributed by atoms with van der Waals surface area (Å²) < 4.78 is 18.4. The molecule has 3 nitrogen and oxygen atoms in total. The van der Waals surface area contributed by atoms with Crippen LogP contribution in [0.2, 0.25) is 0 Å². The van der Waals surface area contributed by atoms with E-state index in [-0.39, 0.29) is 24.0 Å². The summed E-state index contributed by atoms with van der Waals surface area (Å²) in [7, 11) is 1.41. The van der Waals surface area contributed by atoms with Crippen LogP contribution in [0.3, 0.4) is 0 Å². The van der Waals surface area contributed by atoms with E-state index >= 15 is 0 Å². The molecule has 2 aromatic rings. The molecule has 0 bridgehead atoms. The molecule has 22 heavy (non-hydrogen) atoms. The summed E-state index contributed by atoms with van der Waals surface area (Å²) >= 11 is 0. The van der Waals surface area contributed by atoms with Gasteiger partial charge in [0.2, 0.25) is 5.91 Å². The van der Waals surface area contributed by atoms with Crippen molar-refractivity contribution < 1.29 is 13.9 Å². The Labute approximate surface area is 130 Å². The van der Waals surface area contributed by atoms with E-state index in [0.29, 0.717) is 12.1 Å². The third kappa shape index (κ3) is 4.32. The first-order valence-corrected chi connectivity index (χ1v) is 7.24. The highest BCUT2D eigenvalue weighted by Crippen LogP contribution is 2.18. The minimum Gasteiger partial charge on any atom is -0.494 e. The average molecular weight is 301 g/mol. The normalized spacial score (nSPS) is 11.8. The van der Waals surface area contributed by atoms with Gasteiger partial charge in [-0.25, -0.2) is 4.39 Å². The first-order valence-electron chi connectivity index (χ1n) is 7.24. The van der Waals surface area contributed by atoms with E-state index in [9.17, 15) is 9.18 Å². The lowest BCUT2D eigenvalue weighted by Crippen LogP contribution is -2.28. The molecular formula is C18H20FNO2. The van der Waals surface area contributed by atoms with Crippen LogP contribution < -0.4 is 10.1 Å². The number of carbonyl (C=O) groups is 1. The van der Waals surface area contributed by atoms with Crippen molar-refractivity contribution in [3.05, 3.63) is 65.5 Å². The molecule has 0 fully saturated rings. The maximum absolute atomic E-state index is 13.6. The predicted molar refractivity (Wildman–Crippen MR) is 84.5 cm³/mol. The largest absolute Gasteiger partial charge is 0.494 e. The molecule has 1 N–H and O–H groups in total. The summed E-state index contributed by atoms with van der Waals surface area (Å²) in [5.74, 6) is -0.155. The van der Waals surface area contributed by atoms with Crippen molar-refractivity contribution in [3.63, 3.8) is 0 Å². The van der Waals surface area contributed by atoms with Crippen LogP contribution >= 0.6 is 0 Å². The molecule has 116 valence electrons. The van der Waals surface area contributed by atoms with E-state index in [1.54, 1.807) is 6.07 Å². The molecule has 0 heterocycles. The summed E-state index contributed by atoms with van der Waals surface area (Å²) in [6.07, 6.45) is 0.155. The van der Waals surface area contributed by atoms with E-state index in [0.717, 1.165) is 0 Å². The number of hydrogen-bond donors (Lipinski definition) is 1. The Hall–Kier alpha value is -2.36. The number of ether oxygens (including phenoxy) is 1. The van der Waals surface area contributed by atoms with Gasteiger partial charge in [-0.2, -0.15) is 0 Å². The standard InChI is InChI=1S/C18H20FNO2/c1-13(15-6-4-3-5-7-15)12-20-18(21)11-14-8-9-17(22-2)16(19)10-14/h3-10,13H,11-12H2,1-2H3,(H,20,21)/t13-/m1/s1. The molecule has 1 amide bonds. The van der Waals surface area contributed by atoms with Gasteiger partial charge in [0.15, 0.2) is 11.6 Å². The predicted octanol–water partition coefficient (Wildman–Crippen LogP) is 3.30. The molecule has 4 heteroatoms. The molecule has 1 atom stereocenters. The number of benzene rings is 2. The van der Waals surface area contributed by atoms with Crippen molar-refractivity contribution in [2.24, 2.45) is 0 Å². The van der Waals surface area contributed by atoms with Crippen LogP contribution in [-0.2, 0) is 11.2 Å². The van der Waals surface area contributed by atoms with Gasteiger partial charge in [-0.15, -0.1) is 0 Å². The molecule has 0 spiro atoms. The van der Waals surface area contributed by atoms with Gasteiger partial charge >= 0.3 is 0 Å². The second kappa shape index (κ2) is 7.59. The van der Waals surface area contributed by atoms with Crippen LogP contribution in [0.1, 0.15) is 24.0 Å².